The Hall–Kier alpha value is -2.84. The molecule has 0 aliphatic carbocycles. The molecule has 0 bridgehead atoms. The van der Waals surface area contributed by atoms with Crippen LogP contribution in [0, 0.1) is 6.92 Å². The predicted octanol–water partition coefficient (Wildman–Crippen LogP) is 2.75. The number of hydrogen-bond acceptors (Lipinski definition) is 7. The van der Waals surface area contributed by atoms with Crippen molar-refractivity contribution in [3.63, 3.8) is 0 Å². The van der Waals surface area contributed by atoms with Gasteiger partial charge in [0.1, 0.15) is 17.2 Å². The minimum atomic E-state index is -0.509. The number of piperidine rings is 1. The molecule has 1 saturated heterocycles. The highest BCUT2D eigenvalue weighted by Gasteiger charge is 2.25. The second-order valence-electron chi connectivity index (χ2n) is 7.72. The van der Waals surface area contributed by atoms with Crippen LogP contribution in [-0.2, 0) is 4.74 Å². The van der Waals surface area contributed by atoms with Gasteiger partial charge in [-0.25, -0.2) is 9.78 Å². The summed E-state index contributed by atoms with van der Waals surface area (Å²) in [6.07, 6.45) is 3.14. The number of aryl methyl sites for hydroxylation is 1. The fraction of sp³-hybridized carbons (Fsp3) is 0.556. The van der Waals surface area contributed by atoms with Gasteiger partial charge in [-0.15, -0.1) is 0 Å². The number of aromatic amines is 1. The van der Waals surface area contributed by atoms with Crippen LogP contribution in [0.4, 0.5) is 22.4 Å². The first-order valence-corrected chi connectivity index (χ1v) is 9.15. The van der Waals surface area contributed by atoms with Gasteiger partial charge in [-0.05, 0) is 40.5 Å². The molecule has 3 heterocycles. The lowest BCUT2D eigenvalue weighted by Crippen LogP contribution is -2.49. The molecule has 9 heteroatoms. The maximum absolute atomic E-state index is 12.1. The smallest absolute Gasteiger partial charge is 0.407 e. The van der Waals surface area contributed by atoms with Crippen molar-refractivity contribution in [1.82, 2.24) is 25.5 Å². The Bertz CT molecular complexity index is 771. The van der Waals surface area contributed by atoms with Crippen LogP contribution in [0.1, 0.15) is 39.3 Å². The Labute approximate surface area is 158 Å². The minimum Gasteiger partial charge on any atom is -0.444 e. The van der Waals surface area contributed by atoms with Crippen LogP contribution >= 0.6 is 0 Å². The number of amides is 1. The minimum absolute atomic E-state index is 0.00160. The number of H-pyrrole nitrogens is 1. The predicted molar refractivity (Wildman–Crippen MR) is 103 cm³/mol. The molecular formula is C18H27N7O2. The summed E-state index contributed by atoms with van der Waals surface area (Å²) >= 11 is 0. The average Bonchev–Trinajstić information content (AvgIpc) is 3.05. The van der Waals surface area contributed by atoms with Crippen LogP contribution in [0.25, 0.3) is 0 Å². The number of hydrogen-bond donors (Lipinski definition) is 3. The van der Waals surface area contributed by atoms with Crippen molar-refractivity contribution in [3.8, 4) is 0 Å². The van der Waals surface area contributed by atoms with Crippen LogP contribution in [0.15, 0.2) is 18.3 Å². The monoisotopic (exact) mass is 373 g/mol. The number of rotatable bonds is 4. The van der Waals surface area contributed by atoms with E-state index < -0.39 is 5.60 Å². The lowest BCUT2D eigenvalue weighted by molar-refractivity contribution is 0.0500. The van der Waals surface area contributed by atoms with Crippen molar-refractivity contribution >= 4 is 23.7 Å². The molecule has 9 nitrogen and oxygen atoms in total. The van der Waals surface area contributed by atoms with Gasteiger partial charge in [-0.3, -0.25) is 5.10 Å². The lowest BCUT2D eigenvalue weighted by atomic mass is 10.1. The van der Waals surface area contributed by atoms with Gasteiger partial charge in [-0.2, -0.15) is 10.1 Å². The summed E-state index contributed by atoms with van der Waals surface area (Å²) in [6, 6.07) is 3.71. The molecule has 1 aliphatic rings. The van der Waals surface area contributed by atoms with Crippen LogP contribution in [0.5, 0.6) is 0 Å². The molecule has 146 valence electrons. The van der Waals surface area contributed by atoms with E-state index in [-0.39, 0.29) is 12.1 Å². The quantitative estimate of drug-likeness (QED) is 0.756. The summed E-state index contributed by atoms with van der Waals surface area (Å²) in [6.45, 7) is 8.99. The van der Waals surface area contributed by atoms with E-state index in [2.05, 4.69) is 35.7 Å². The molecule has 1 aliphatic heterocycles. The number of ether oxygens (including phenoxy) is 1. The molecule has 1 atom stereocenters. The van der Waals surface area contributed by atoms with Gasteiger partial charge >= 0.3 is 6.09 Å². The van der Waals surface area contributed by atoms with Crippen LogP contribution in [0.3, 0.4) is 0 Å². The number of carbonyl (C=O) groups is 1. The van der Waals surface area contributed by atoms with E-state index in [1.807, 2.05) is 39.8 Å². The fourth-order valence-corrected chi connectivity index (χ4v) is 2.97. The Balaban J connectivity index is 1.66. The Kier molecular flexibility index (Phi) is 5.48. The van der Waals surface area contributed by atoms with Crippen molar-refractivity contribution < 1.29 is 9.53 Å². The first-order valence-electron chi connectivity index (χ1n) is 9.15. The average molecular weight is 373 g/mol. The van der Waals surface area contributed by atoms with E-state index in [9.17, 15) is 4.79 Å². The Morgan fingerprint density at radius 1 is 1.37 bits per heavy atom. The van der Waals surface area contributed by atoms with E-state index in [0.717, 1.165) is 30.9 Å². The molecule has 1 amide bonds. The molecular weight excluding hydrogens is 346 g/mol. The zero-order valence-corrected chi connectivity index (χ0v) is 16.2. The molecule has 0 aromatic carbocycles. The van der Waals surface area contributed by atoms with E-state index in [4.69, 9.17) is 4.74 Å². The molecule has 2 aromatic heterocycles. The van der Waals surface area contributed by atoms with E-state index in [1.54, 1.807) is 6.20 Å². The maximum atomic E-state index is 12.1. The Morgan fingerprint density at radius 3 is 2.89 bits per heavy atom. The van der Waals surface area contributed by atoms with Gasteiger partial charge in [-0.1, -0.05) is 0 Å². The van der Waals surface area contributed by atoms with Gasteiger partial charge in [0, 0.05) is 37.0 Å². The molecule has 1 fully saturated rings. The van der Waals surface area contributed by atoms with Gasteiger partial charge in [0.25, 0.3) is 0 Å². The zero-order chi connectivity index (χ0) is 19.4. The van der Waals surface area contributed by atoms with E-state index in [1.165, 1.54) is 0 Å². The molecule has 3 N–H and O–H groups in total. The SMILES string of the molecule is Cc1cc(Nc2ccn[nH]2)nc(N2CCC[C@@H](NC(=O)OC(C)(C)C)C2)n1. The first-order chi connectivity index (χ1) is 12.8. The first kappa shape index (κ1) is 18.9. The molecule has 0 saturated carbocycles. The lowest BCUT2D eigenvalue weighted by Gasteiger charge is -2.33. The second kappa shape index (κ2) is 7.81. The van der Waals surface area contributed by atoms with Gasteiger partial charge in [0.05, 0.1) is 6.20 Å². The third kappa shape index (κ3) is 5.57. The van der Waals surface area contributed by atoms with Crippen LogP contribution in [0.2, 0.25) is 0 Å². The summed E-state index contributed by atoms with van der Waals surface area (Å²) in [7, 11) is 0. The molecule has 0 radical (unpaired) electrons. The fourth-order valence-electron chi connectivity index (χ4n) is 2.97. The number of nitrogens with one attached hydrogen (secondary N) is 3. The summed E-state index contributed by atoms with van der Waals surface area (Å²) in [5.41, 5.74) is 0.356. The third-order valence-corrected chi connectivity index (χ3v) is 4.03. The number of anilines is 3. The summed E-state index contributed by atoms with van der Waals surface area (Å²) < 4.78 is 5.36. The van der Waals surface area contributed by atoms with Gasteiger partial charge < -0.3 is 20.3 Å². The van der Waals surface area contributed by atoms with E-state index in [0.29, 0.717) is 18.3 Å². The second-order valence-corrected chi connectivity index (χ2v) is 7.72. The number of aromatic nitrogens is 4. The van der Waals surface area contributed by atoms with E-state index >= 15 is 0 Å². The highest BCUT2D eigenvalue weighted by molar-refractivity contribution is 5.68. The molecule has 27 heavy (non-hydrogen) atoms. The van der Waals surface area contributed by atoms with Crippen molar-refractivity contribution in [3.05, 3.63) is 24.0 Å². The standard InChI is InChI=1S/C18H27N7O2/c1-12-10-15(22-14-7-8-19-24-14)23-16(20-12)25-9-5-6-13(11-25)21-17(26)27-18(2,3)4/h7-8,10,13H,5-6,9,11H2,1-4H3,(H,21,26)(H2,19,20,22,23,24)/t13-/m1/s1. The zero-order valence-electron chi connectivity index (χ0n) is 16.2. The van der Waals surface area contributed by atoms with Crippen molar-refractivity contribution in [2.45, 2.75) is 52.2 Å². The third-order valence-electron chi connectivity index (χ3n) is 4.03. The van der Waals surface area contributed by atoms with Crippen molar-refractivity contribution in [1.29, 1.82) is 0 Å². The number of alkyl carbamates (subject to hydrolysis) is 1. The van der Waals surface area contributed by atoms with Crippen LogP contribution in [-0.4, -0.2) is 51.0 Å². The molecule has 2 aromatic rings. The van der Waals surface area contributed by atoms with Crippen molar-refractivity contribution in [2.75, 3.05) is 23.3 Å². The summed E-state index contributed by atoms with van der Waals surface area (Å²) in [5, 5.41) is 12.9. The number of nitrogens with zero attached hydrogens (tertiary/aromatic N) is 4. The summed E-state index contributed by atoms with van der Waals surface area (Å²) in [5.74, 6) is 2.11. The molecule has 0 unspecified atom stereocenters. The topological polar surface area (TPSA) is 108 Å². The molecule has 3 rings (SSSR count). The largest absolute Gasteiger partial charge is 0.444 e. The molecule has 0 spiro atoms. The normalized spacial score (nSPS) is 17.5. The maximum Gasteiger partial charge on any atom is 0.407 e. The highest BCUT2D eigenvalue weighted by Crippen LogP contribution is 2.21. The van der Waals surface area contributed by atoms with Gasteiger partial charge in [0.15, 0.2) is 0 Å². The van der Waals surface area contributed by atoms with Crippen molar-refractivity contribution in [2.24, 2.45) is 0 Å². The van der Waals surface area contributed by atoms with Crippen LogP contribution < -0.4 is 15.5 Å². The highest BCUT2D eigenvalue weighted by atomic mass is 16.6. The summed E-state index contributed by atoms with van der Waals surface area (Å²) in [4.78, 5) is 23.3. The number of carbonyl (C=O) groups excluding carboxylic acids is 1. The Morgan fingerprint density at radius 2 is 2.19 bits per heavy atom. The van der Waals surface area contributed by atoms with Gasteiger partial charge in [0.2, 0.25) is 5.95 Å².